The highest BCUT2D eigenvalue weighted by molar-refractivity contribution is 9.10. The van der Waals surface area contributed by atoms with Crippen LogP contribution in [0.5, 0.6) is 5.75 Å². The Morgan fingerprint density at radius 1 is 1.11 bits per heavy atom. The number of fused-ring (bicyclic) bond motifs is 1. The maximum absolute atomic E-state index is 13.9. The van der Waals surface area contributed by atoms with Gasteiger partial charge in [0.2, 0.25) is 5.91 Å². The summed E-state index contributed by atoms with van der Waals surface area (Å²) in [6.45, 7) is 7.55. The van der Waals surface area contributed by atoms with Crippen molar-refractivity contribution in [2.45, 2.75) is 51.1 Å². The van der Waals surface area contributed by atoms with E-state index in [9.17, 15) is 9.59 Å². The number of hydrogen-bond acceptors (Lipinski definition) is 6. The smallest absolute Gasteiger partial charge is 0.255 e. The van der Waals surface area contributed by atoms with Gasteiger partial charge in [0.15, 0.2) is 0 Å². The molecule has 38 heavy (non-hydrogen) atoms. The van der Waals surface area contributed by atoms with Crippen molar-refractivity contribution >= 4 is 39.1 Å². The lowest BCUT2D eigenvalue weighted by Gasteiger charge is -2.43. The summed E-state index contributed by atoms with van der Waals surface area (Å²) in [5.74, 6) is 0.531. The Bertz CT molecular complexity index is 1190. The van der Waals surface area contributed by atoms with Crippen LogP contribution in [0.4, 0.5) is 11.4 Å². The Labute approximate surface area is 233 Å². The number of aryl methyl sites for hydroxylation is 1. The zero-order valence-corrected chi connectivity index (χ0v) is 23.9. The monoisotopic (exact) mass is 584 g/mol. The number of methoxy groups -OCH3 is 1. The van der Waals surface area contributed by atoms with Crippen LogP contribution in [0.3, 0.4) is 0 Å². The van der Waals surface area contributed by atoms with Crippen molar-refractivity contribution in [1.82, 2.24) is 9.80 Å². The Hall–Kier alpha value is -2.62. The lowest BCUT2D eigenvalue weighted by Crippen LogP contribution is -2.58. The van der Waals surface area contributed by atoms with Gasteiger partial charge in [0.25, 0.3) is 5.91 Å². The van der Waals surface area contributed by atoms with Gasteiger partial charge >= 0.3 is 0 Å². The second-order valence-corrected chi connectivity index (χ2v) is 11.3. The SMILES string of the molecule is COc1cc(NC(=O)C2(N3Cc4c(Br)cc(NCCN5CCOCC5)cc4C3=O)CCCCC2)ccc1C. The van der Waals surface area contributed by atoms with Crippen LogP contribution in [-0.2, 0) is 16.1 Å². The molecule has 2 amide bonds. The number of carbonyl (C=O) groups is 2. The second kappa shape index (κ2) is 11.6. The summed E-state index contributed by atoms with van der Waals surface area (Å²) in [7, 11) is 1.63. The van der Waals surface area contributed by atoms with Crippen molar-refractivity contribution in [2.24, 2.45) is 0 Å². The normalized spacial score (nSPS) is 19.2. The van der Waals surface area contributed by atoms with Gasteiger partial charge in [-0.05, 0) is 49.1 Å². The number of carbonyl (C=O) groups excluding carboxylic acids is 2. The fourth-order valence-corrected chi connectivity index (χ4v) is 6.48. The van der Waals surface area contributed by atoms with Crippen LogP contribution in [0.2, 0.25) is 0 Å². The van der Waals surface area contributed by atoms with Crippen molar-refractivity contribution in [3.63, 3.8) is 0 Å². The number of morpholine rings is 1. The molecule has 2 aromatic carbocycles. The molecule has 0 radical (unpaired) electrons. The number of rotatable bonds is 8. The van der Waals surface area contributed by atoms with E-state index in [1.807, 2.05) is 42.2 Å². The van der Waals surface area contributed by atoms with E-state index in [0.717, 1.165) is 85.7 Å². The number of benzene rings is 2. The third kappa shape index (κ3) is 5.42. The minimum Gasteiger partial charge on any atom is -0.496 e. The predicted molar refractivity (Wildman–Crippen MR) is 152 cm³/mol. The van der Waals surface area contributed by atoms with Crippen LogP contribution in [0.15, 0.2) is 34.8 Å². The largest absolute Gasteiger partial charge is 0.496 e. The summed E-state index contributed by atoms with van der Waals surface area (Å²) in [6, 6.07) is 9.65. The molecule has 2 fully saturated rings. The number of amides is 2. The fourth-order valence-electron chi connectivity index (χ4n) is 5.90. The molecule has 204 valence electrons. The number of halogens is 1. The highest BCUT2D eigenvalue weighted by atomic mass is 79.9. The standard InChI is InChI=1S/C29H37BrN4O4/c1-20-6-7-21(18-26(20)37-2)32-28(36)29(8-4-3-5-9-29)34-19-24-23(27(34)35)16-22(17-25(24)30)31-10-11-33-12-14-38-15-13-33/h6-7,16-18,31H,3-5,8-15,19H2,1-2H3,(H,32,36). The van der Waals surface area contributed by atoms with E-state index in [4.69, 9.17) is 9.47 Å². The quantitative estimate of drug-likeness (QED) is 0.463. The predicted octanol–water partition coefficient (Wildman–Crippen LogP) is 4.81. The molecule has 5 rings (SSSR count). The van der Waals surface area contributed by atoms with Crippen LogP contribution in [0.25, 0.3) is 0 Å². The average molecular weight is 586 g/mol. The molecule has 2 heterocycles. The van der Waals surface area contributed by atoms with Crippen LogP contribution < -0.4 is 15.4 Å². The van der Waals surface area contributed by atoms with E-state index in [1.165, 1.54) is 0 Å². The number of nitrogens with one attached hydrogen (secondary N) is 2. The van der Waals surface area contributed by atoms with E-state index in [2.05, 4.69) is 31.5 Å². The molecular formula is C29H37BrN4O4. The number of nitrogens with zero attached hydrogens (tertiary/aromatic N) is 2. The summed E-state index contributed by atoms with van der Waals surface area (Å²) in [5, 5.41) is 6.60. The molecule has 0 aromatic heterocycles. The third-order valence-corrected chi connectivity index (χ3v) is 8.84. The minimum absolute atomic E-state index is 0.0731. The maximum atomic E-state index is 13.9. The van der Waals surface area contributed by atoms with Crippen molar-refractivity contribution in [1.29, 1.82) is 0 Å². The lowest BCUT2D eigenvalue weighted by atomic mass is 9.79. The zero-order valence-electron chi connectivity index (χ0n) is 22.3. The van der Waals surface area contributed by atoms with Gasteiger partial charge in [-0.15, -0.1) is 0 Å². The highest BCUT2D eigenvalue weighted by Gasteiger charge is 2.50. The fraction of sp³-hybridized carbons (Fsp3) is 0.517. The molecule has 2 aliphatic heterocycles. The van der Waals surface area contributed by atoms with Crippen LogP contribution >= 0.6 is 15.9 Å². The first-order valence-electron chi connectivity index (χ1n) is 13.6. The van der Waals surface area contributed by atoms with Gasteiger partial charge in [-0.1, -0.05) is 41.3 Å². The first-order chi connectivity index (χ1) is 18.4. The van der Waals surface area contributed by atoms with E-state index in [1.54, 1.807) is 7.11 Å². The number of ether oxygens (including phenoxy) is 2. The summed E-state index contributed by atoms with van der Waals surface area (Å²) in [4.78, 5) is 32.0. The minimum atomic E-state index is -0.879. The van der Waals surface area contributed by atoms with E-state index in [-0.39, 0.29) is 11.8 Å². The molecule has 1 aliphatic carbocycles. The second-order valence-electron chi connectivity index (χ2n) is 10.5. The molecule has 0 unspecified atom stereocenters. The molecule has 0 spiro atoms. The molecule has 1 saturated heterocycles. The third-order valence-electron chi connectivity index (χ3n) is 8.13. The molecule has 3 aliphatic rings. The Kier molecular flexibility index (Phi) is 8.26. The summed E-state index contributed by atoms with van der Waals surface area (Å²) in [5.41, 5.74) is 3.33. The summed E-state index contributed by atoms with van der Waals surface area (Å²) >= 11 is 3.72. The van der Waals surface area contributed by atoms with Gasteiger partial charge in [0.1, 0.15) is 11.3 Å². The number of anilines is 2. The van der Waals surface area contributed by atoms with Gasteiger partial charge in [-0.2, -0.15) is 0 Å². The van der Waals surface area contributed by atoms with Gasteiger partial charge < -0.3 is 25.0 Å². The van der Waals surface area contributed by atoms with E-state index < -0.39 is 5.54 Å². The van der Waals surface area contributed by atoms with Crippen molar-refractivity contribution in [3.8, 4) is 5.75 Å². The lowest BCUT2D eigenvalue weighted by molar-refractivity contribution is -0.129. The molecule has 0 atom stereocenters. The van der Waals surface area contributed by atoms with Gasteiger partial charge in [-0.3, -0.25) is 14.5 Å². The maximum Gasteiger partial charge on any atom is 0.255 e. The Morgan fingerprint density at radius 3 is 2.61 bits per heavy atom. The topological polar surface area (TPSA) is 83.1 Å². The molecule has 1 saturated carbocycles. The molecule has 2 N–H and O–H groups in total. The molecule has 8 nitrogen and oxygen atoms in total. The highest BCUT2D eigenvalue weighted by Crippen LogP contribution is 2.42. The van der Waals surface area contributed by atoms with Gasteiger partial charge in [0, 0.05) is 60.2 Å². The Morgan fingerprint density at radius 2 is 1.87 bits per heavy atom. The van der Waals surface area contributed by atoms with Gasteiger partial charge in [-0.25, -0.2) is 0 Å². The van der Waals surface area contributed by atoms with Crippen molar-refractivity contribution in [3.05, 3.63) is 51.5 Å². The molecule has 0 bridgehead atoms. The van der Waals surface area contributed by atoms with Crippen molar-refractivity contribution < 1.29 is 19.1 Å². The average Bonchev–Trinajstić information content (AvgIpc) is 3.28. The van der Waals surface area contributed by atoms with Gasteiger partial charge in [0.05, 0.1) is 20.3 Å². The van der Waals surface area contributed by atoms with E-state index in [0.29, 0.717) is 30.6 Å². The summed E-state index contributed by atoms with van der Waals surface area (Å²) in [6.07, 6.45) is 4.22. The van der Waals surface area contributed by atoms with E-state index >= 15 is 0 Å². The molecule has 9 heteroatoms. The van der Waals surface area contributed by atoms with Crippen molar-refractivity contribution in [2.75, 3.05) is 57.1 Å². The zero-order chi connectivity index (χ0) is 26.7. The van der Waals surface area contributed by atoms with Crippen LogP contribution in [-0.4, -0.2) is 73.7 Å². The first-order valence-corrected chi connectivity index (χ1v) is 14.3. The Balaban J connectivity index is 1.34. The van der Waals surface area contributed by atoms with Crippen LogP contribution in [0, 0.1) is 6.92 Å². The molecular weight excluding hydrogens is 548 g/mol. The summed E-state index contributed by atoms with van der Waals surface area (Å²) < 4.78 is 11.8. The number of hydrogen-bond donors (Lipinski definition) is 2. The first kappa shape index (κ1) is 27.0. The molecule has 2 aromatic rings. The van der Waals surface area contributed by atoms with Crippen LogP contribution in [0.1, 0.15) is 53.6 Å².